The highest BCUT2D eigenvalue weighted by atomic mass is 16.6. The van der Waals surface area contributed by atoms with Crippen molar-refractivity contribution < 1.29 is 19.1 Å². The molecule has 2 aliphatic rings. The first-order valence-corrected chi connectivity index (χ1v) is 15.0. The molecule has 9 nitrogen and oxygen atoms in total. The number of methoxy groups -OCH3 is 1. The zero-order valence-electron chi connectivity index (χ0n) is 25.9. The third-order valence-corrected chi connectivity index (χ3v) is 8.15. The average Bonchev–Trinajstić information content (AvgIpc) is 3.44. The summed E-state index contributed by atoms with van der Waals surface area (Å²) in [6, 6.07) is 20.5. The molecule has 226 valence electrons. The van der Waals surface area contributed by atoms with E-state index in [0.29, 0.717) is 18.2 Å². The molecule has 2 fully saturated rings. The molecule has 3 aromatic carbocycles. The van der Waals surface area contributed by atoms with Gasteiger partial charge in [-0.1, -0.05) is 56.3 Å². The monoisotopic (exact) mass is 591 g/mol. The Kier molecular flexibility index (Phi) is 7.49. The topological polar surface area (TPSA) is 89.3 Å². The largest absolute Gasteiger partial charge is 0.465 e. The Hall–Kier alpha value is -4.92. The summed E-state index contributed by atoms with van der Waals surface area (Å²) in [4.78, 5) is 33.7. The van der Waals surface area contributed by atoms with E-state index >= 15 is 0 Å². The van der Waals surface area contributed by atoms with Gasteiger partial charge in [-0.15, -0.1) is 0 Å². The van der Waals surface area contributed by atoms with Gasteiger partial charge in [0.1, 0.15) is 5.60 Å². The van der Waals surface area contributed by atoms with Gasteiger partial charge in [-0.05, 0) is 60.9 Å². The van der Waals surface area contributed by atoms with Crippen LogP contribution in [0.2, 0.25) is 0 Å². The molecule has 0 N–H and O–H groups in total. The molecular weight excluding hydrogens is 554 g/mol. The Morgan fingerprint density at radius 3 is 2.25 bits per heavy atom. The molecule has 4 heterocycles. The molecule has 0 saturated carbocycles. The number of carbonyl (C=O) groups excluding carboxylic acids is 2. The maximum atomic E-state index is 12.4. The van der Waals surface area contributed by atoms with Crippen LogP contribution in [-0.4, -0.2) is 69.4 Å². The molecule has 0 spiro atoms. The summed E-state index contributed by atoms with van der Waals surface area (Å²) in [6.45, 7) is 11.2. The number of anilines is 1. The van der Waals surface area contributed by atoms with Crippen LogP contribution in [-0.2, 0) is 9.47 Å². The van der Waals surface area contributed by atoms with Crippen LogP contribution < -0.4 is 4.90 Å². The number of aromatic nitrogens is 3. The van der Waals surface area contributed by atoms with Gasteiger partial charge in [0.15, 0.2) is 5.65 Å². The van der Waals surface area contributed by atoms with Gasteiger partial charge in [-0.3, -0.25) is 4.90 Å². The van der Waals surface area contributed by atoms with Gasteiger partial charge in [-0.25, -0.2) is 19.1 Å². The highest BCUT2D eigenvalue weighted by Crippen LogP contribution is 2.39. The quantitative estimate of drug-likeness (QED) is 0.212. The van der Waals surface area contributed by atoms with Crippen molar-refractivity contribution in [3.63, 3.8) is 0 Å². The summed E-state index contributed by atoms with van der Waals surface area (Å²) >= 11 is 0. The normalized spacial score (nSPS) is 17.2. The number of ether oxygens (including phenoxy) is 2. The summed E-state index contributed by atoms with van der Waals surface area (Å²) in [7, 11) is 1.39. The molecule has 5 aromatic rings. The van der Waals surface area contributed by atoms with E-state index in [1.54, 1.807) is 10.6 Å². The summed E-state index contributed by atoms with van der Waals surface area (Å²) in [6.07, 6.45) is 5.43. The average molecular weight is 592 g/mol. The van der Waals surface area contributed by atoms with Crippen molar-refractivity contribution in [3.8, 4) is 22.3 Å². The number of hydrogen-bond donors (Lipinski definition) is 0. The second kappa shape index (κ2) is 11.3. The van der Waals surface area contributed by atoms with Gasteiger partial charge in [-0.2, -0.15) is 5.10 Å². The fourth-order valence-corrected chi connectivity index (χ4v) is 5.97. The van der Waals surface area contributed by atoms with E-state index in [2.05, 4.69) is 34.3 Å². The second-order valence-corrected chi connectivity index (χ2v) is 11.8. The van der Waals surface area contributed by atoms with E-state index in [9.17, 15) is 9.59 Å². The van der Waals surface area contributed by atoms with E-state index in [-0.39, 0.29) is 18.1 Å². The van der Waals surface area contributed by atoms with Crippen molar-refractivity contribution in [3.05, 3.63) is 84.8 Å². The zero-order chi connectivity index (χ0) is 31.2. The van der Waals surface area contributed by atoms with Crippen molar-refractivity contribution in [1.29, 1.82) is 0 Å². The van der Waals surface area contributed by atoms with Crippen molar-refractivity contribution >= 4 is 34.2 Å². The lowest BCUT2D eigenvalue weighted by atomic mass is 9.85. The molecule has 9 heteroatoms. The molecule has 0 radical (unpaired) electrons. The third kappa shape index (κ3) is 5.02. The number of amides is 1. The number of fused-ring (bicyclic) bond motifs is 3. The van der Waals surface area contributed by atoms with Crippen LogP contribution in [0.5, 0.6) is 0 Å². The van der Waals surface area contributed by atoms with Crippen LogP contribution >= 0.6 is 0 Å². The van der Waals surface area contributed by atoms with E-state index < -0.39 is 5.60 Å². The van der Waals surface area contributed by atoms with Crippen molar-refractivity contribution in [2.24, 2.45) is 0 Å². The number of likely N-dealkylation sites (tertiary alicyclic amines) is 1. The van der Waals surface area contributed by atoms with Gasteiger partial charge >= 0.3 is 12.1 Å². The highest BCUT2D eigenvalue weighted by Gasteiger charge is 2.54. The number of piperazine rings is 1. The smallest absolute Gasteiger partial charge is 0.410 e. The lowest BCUT2D eigenvalue weighted by Gasteiger charge is -2.62. The van der Waals surface area contributed by atoms with Gasteiger partial charge < -0.3 is 14.4 Å². The molecule has 2 aromatic heterocycles. The lowest BCUT2D eigenvalue weighted by Crippen LogP contribution is -2.80. The Labute approximate surface area is 257 Å². The number of carbonyl (C=O) groups is 2. The molecule has 0 bridgehead atoms. The van der Waals surface area contributed by atoms with Gasteiger partial charge in [0.05, 0.1) is 31.0 Å². The predicted octanol–water partition coefficient (Wildman–Crippen LogP) is 6.84. The number of nitrogens with zero attached hydrogens (tertiary/aromatic N) is 5. The van der Waals surface area contributed by atoms with Crippen LogP contribution in [0.1, 0.15) is 45.0 Å². The van der Waals surface area contributed by atoms with Crippen LogP contribution in [0, 0.1) is 0 Å². The lowest BCUT2D eigenvalue weighted by molar-refractivity contribution is -0.0310. The summed E-state index contributed by atoms with van der Waals surface area (Å²) in [5.74, 6) is -0.365. The molecule has 7 rings (SSSR count). The summed E-state index contributed by atoms with van der Waals surface area (Å²) in [5.41, 5.74) is 5.75. The Morgan fingerprint density at radius 2 is 1.57 bits per heavy atom. The number of rotatable bonds is 4. The first-order chi connectivity index (χ1) is 21.2. The fourth-order valence-electron chi connectivity index (χ4n) is 5.97. The number of hydrogen-bond acceptors (Lipinski definition) is 7. The van der Waals surface area contributed by atoms with Crippen molar-refractivity contribution in [2.75, 3.05) is 25.1 Å². The minimum Gasteiger partial charge on any atom is -0.465 e. The maximum Gasteiger partial charge on any atom is 0.410 e. The second-order valence-electron chi connectivity index (χ2n) is 11.8. The summed E-state index contributed by atoms with van der Waals surface area (Å²) < 4.78 is 12.3. The minimum atomic E-state index is -0.483. The van der Waals surface area contributed by atoms with Crippen LogP contribution in [0.25, 0.3) is 38.7 Å². The Balaban J connectivity index is 0.00000168. The number of esters is 1. The minimum absolute atomic E-state index is 0.217. The van der Waals surface area contributed by atoms with E-state index in [1.807, 2.05) is 88.4 Å². The van der Waals surface area contributed by atoms with Gasteiger partial charge in [0.2, 0.25) is 0 Å². The number of benzene rings is 3. The van der Waals surface area contributed by atoms with Crippen LogP contribution in [0.15, 0.2) is 79.3 Å². The van der Waals surface area contributed by atoms with E-state index in [0.717, 1.165) is 50.9 Å². The molecular formula is C35H37N5O4. The Morgan fingerprint density at radius 1 is 0.841 bits per heavy atom. The van der Waals surface area contributed by atoms with Crippen molar-refractivity contribution in [1.82, 2.24) is 19.5 Å². The molecule has 2 unspecified atom stereocenters. The van der Waals surface area contributed by atoms with E-state index in [4.69, 9.17) is 14.5 Å². The first kappa shape index (κ1) is 29.2. The van der Waals surface area contributed by atoms with Gasteiger partial charge in [0.25, 0.3) is 0 Å². The molecule has 2 aliphatic heterocycles. The van der Waals surface area contributed by atoms with Crippen LogP contribution in [0.3, 0.4) is 0 Å². The van der Waals surface area contributed by atoms with Crippen molar-refractivity contribution in [2.45, 2.75) is 52.3 Å². The Bertz CT molecular complexity index is 1860. The first-order valence-electron chi connectivity index (χ1n) is 15.0. The standard InChI is InChI=1S/C33H31N5O4.C2H6/c1-33(2,3)42-32(40)37-19-28-29(37)18-36(28)22-13-11-20(12-14-22)21-15-34-30-27(16-35-38(30)17-21)25-9-5-8-24-23(25)7-6-10-26(24)31(39)41-4;1-2/h5-17,28-29H,18-19H2,1-4H3;1-2H3. The third-order valence-electron chi connectivity index (χ3n) is 8.15. The van der Waals surface area contributed by atoms with Gasteiger partial charge in [0, 0.05) is 42.3 Å². The maximum absolute atomic E-state index is 12.4. The molecule has 1 amide bonds. The van der Waals surface area contributed by atoms with E-state index in [1.165, 1.54) is 7.11 Å². The SMILES string of the molecule is CC.COC(=O)c1cccc2c(-c3cnn4cc(-c5ccc(N6CC7C6CN7C(=O)OC(C)(C)C)cc5)cnc34)cccc12. The fraction of sp³-hybridized carbons (Fsp3) is 0.314. The predicted molar refractivity (Wildman–Crippen MR) is 172 cm³/mol. The highest BCUT2D eigenvalue weighted by molar-refractivity contribution is 6.09. The molecule has 44 heavy (non-hydrogen) atoms. The molecule has 0 aliphatic carbocycles. The van der Waals surface area contributed by atoms with Crippen LogP contribution in [0.4, 0.5) is 10.5 Å². The molecule has 2 atom stereocenters. The zero-order valence-corrected chi connectivity index (χ0v) is 25.9. The summed E-state index contributed by atoms with van der Waals surface area (Å²) in [5, 5.41) is 6.37. The molecule has 2 saturated heterocycles.